The molecule has 1 spiro atoms. The molecule has 2 nitrogen and oxygen atoms in total. The maximum absolute atomic E-state index is 13.0. The molecule has 3 rings (SSSR count). The lowest BCUT2D eigenvalue weighted by Crippen LogP contribution is -2.62. The molecule has 2 fully saturated rings. The zero-order valence-electron chi connectivity index (χ0n) is 11.2. The first-order valence-electron chi connectivity index (χ1n) is 6.83. The van der Waals surface area contributed by atoms with Crippen molar-refractivity contribution in [1.29, 1.82) is 0 Å². The summed E-state index contributed by atoms with van der Waals surface area (Å²) in [7, 11) is 0. The fraction of sp³-hybridized carbons (Fsp3) is 0.800. The van der Waals surface area contributed by atoms with E-state index >= 15 is 0 Å². The van der Waals surface area contributed by atoms with Crippen LogP contribution in [0.15, 0.2) is 12.2 Å². The minimum absolute atomic E-state index is 0.0183. The summed E-state index contributed by atoms with van der Waals surface area (Å²) in [6.45, 7) is 8.46. The third-order valence-electron chi connectivity index (χ3n) is 5.66. The Bertz CT molecular complexity index is 409. The number of carbonyl (C=O) groups is 1. The van der Waals surface area contributed by atoms with E-state index in [4.69, 9.17) is 4.74 Å². The van der Waals surface area contributed by atoms with Crippen molar-refractivity contribution in [2.75, 3.05) is 0 Å². The van der Waals surface area contributed by atoms with E-state index in [1.807, 2.05) is 13.8 Å². The summed E-state index contributed by atoms with van der Waals surface area (Å²) in [6.07, 6.45) is 7.32. The Labute approximate surface area is 103 Å². The standard InChI is InChI=1S/C15H22O2/c1-5-14-8-6-10(2)15(14)9-7-11(17-15)13(3,4)12(14)16/h7,9-11H,5-6,8H2,1-4H3/t10-,11+,14+,15+/m0/s1. The number of ether oxygens (including phenoxy) is 1. The molecule has 1 aliphatic carbocycles. The minimum atomic E-state index is -0.365. The molecule has 2 bridgehead atoms. The molecule has 94 valence electrons. The van der Waals surface area contributed by atoms with Crippen LogP contribution in [-0.4, -0.2) is 17.5 Å². The number of hydrogen-bond acceptors (Lipinski definition) is 2. The number of carbonyl (C=O) groups excluding carboxylic acids is 1. The lowest BCUT2D eigenvalue weighted by Gasteiger charge is -2.52. The molecule has 2 heterocycles. The summed E-state index contributed by atoms with van der Waals surface area (Å²) >= 11 is 0. The first-order chi connectivity index (χ1) is 7.91. The van der Waals surface area contributed by atoms with Crippen LogP contribution in [0.2, 0.25) is 0 Å². The summed E-state index contributed by atoms with van der Waals surface area (Å²) < 4.78 is 6.37. The van der Waals surface area contributed by atoms with Gasteiger partial charge >= 0.3 is 0 Å². The SMILES string of the molecule is CC[C@]12CC[C@H](C)[C@]13C=C[C@@H](O3)C(C)(C)C2=O. The third-order valence-corrected chi connectivity index (χ3v) is 5.66. The molecule has 2 aliphatic heterocycles. The lowest BCUT2D eigenvalue weighted by molar-refractivity contribution is -0.199. The van der Waals surface area contributed by atoms with E-state index in [1.165, 1.54) is 0 Å². The first-order valence-corrected chi connectivity index (χ1v) is 6.83. The van der Waals surface area contributed by atoms with E-state index < -0.39 is 0 Å². The topological polar surface area (TPSA) is 26.3 Å². The number of hydrogen-bond donors (Lipinski definition) is 0. The number of ketones is 1. The number of Topliss-reactive ketones (excluding diaryl/α,β-unsaturated/α-hetero) is 1. The molecular weight excluding hydrogens is 212 g/mol. The zero-order chi connectivity index (χ0) is 12.5. The molecule has 0 aromatic heterocycles. The molecule has 1 saturated carbocycles. The smallest absolute Gasteiger partial charge is 0.150 e. The molecule has 2 heteroatoms. The van der Waals surface area contributed by atoms with Gasteiger partial charge < -0.3 is 4.74 Å². The Hall–Kier alpha value is -0.630. The van der Waals surface area contributed by atoms with Crippen LogP contribution in [0.4, 0.5) is 0 Å². The van der Waals surface area contributed by atoms with Crippen molar-refractivity contribution in [2.24, 2.45) is 16.7 Å². The van der Waals surface area contributed by atoms with Crippen molar-refractivity contribution in [3.05, 3.63) is 12.2 Å². The van der Waals surface area contributed by atoms with Crippen molar-refractivity contribution in [1.82, 2.24) is 0 Å². The van der Waals surface area contributed by atoms with Crippen molar-refractivity contribution in [2.45, 2.75) is 58.7 Å². The molecular formula is C15H22O2. The Morgan fingerprint density at radius 1 is 1.47 bits per heavy atom. The van der Waals surface area contributed by atoms with Crippen LogP contribution < -0.4 is 0 Å². The minimum Gasteiger partial charge on any atom is -0.361 e. The van der Waals surface area contributed by atoms with Crippen molar-refractivity contribution in [3.63, 3.8) is 0 Å². The van der Waals surface area contributed by atoms with Crippen LogP contribution in [0, 0.1) is 16.7 Å². The Balaban J connectivity index is 2.21. The summed E-state index contributed by atoms with van der Waals surface area (Å²) in [5, 5.41) is 0. The Kier molecular flexibility index (Phi) is 2.04. The van der Waals surface area contributed by atoms with Crippen LogP contribution in [0.25, 0.3) is 0 Å². The van der Waals surface area contributed by atoms with Gasteiger partial charge in [0.2, 0.25) is 0 Å². The Morgan fingerprint density at radius 3 is 2.82 bits per heavy atom. The van der Waals surface area contributed by atoms with Gasteiger partial charge in [0, 0.05) is 0 Å². The average Bonchev–Trinajstić information content (AvgIpc) is 2.84. The molecule has 3 aliphatic rings. The third kappa shape index (κ3) is 1.00. The molecule has 0 aromatic carbocycles. The molecule has 17 heavy (non-hydrogen) atoms. The summed E-state index contributed by atoms with van der Waals surface area (Å²) in [6, 6.07) is 0. The van der Waals surface area contributed by atoms with Crippen LogP contribution in [-0.2, 0) is 9.53 Å². The summed E-state index contributed by atoms with van der Waals surface area (Å²) in [4.78, 5) is 13.0. The Morgan fingerprint density at radius 2 is 2.18 bits per heavy atom. The van der Waals surface area contributed by atoms with E-state index in [2.05, 4.69) is 26.0 Å². The lowest BCUT2D eigenvalue weighted by atomic mass is 9.59. The van der Waals surface area contributed by atoms with E-state index in [1.54, 1.807) is 0 Å². The quantitative estimate of drug-likeness (QED) is 0.652. The van der Waals surface area contributed by atoms with Gasteiger partial charge in [-0.05, 0) is 25.2 Å². The second-order valence-electron chi connectivity index (χ2n) is 6.62. The van der Waals surface area contributed by atoms with Gasteiger partial charge in [-0.25, -0.2) is 0 Å². The molecule has 1 saturated heterocycles. The van der Waals surface area contributed by atoms with Gasteiger partial charge in [-0.15, -0.1) is 0 Å². The predicted molar refractivity (Wildman–Crippen MR) is 66.7 cm³/mol. The molecule has 0 aromatic rings. The van der Waals surface area contributed by atoms with Gasteiger partial charge in [-0.1, -0.05) is 39.8 Å². The van der Waals surface area contributed by atoms with Crippen molar-refractivity contribution >= 4 is 5.78 Å². The fourth-order valence-corrected chi connectivity index (χ4v) is 4.45. The average molecular weight is 234 g/mol. The molecule has 0 unspecified atom stereocenters. The maximum Gasteiger partial charge on any atom is 0.150 e. The zero-order valence-corrected chi connectivity index (χ0v) is 11.2. The first kappa shape index (κ1) is 11.5. The molecule has 0 amide bonds. The van der Waals surface area contributed by atoms with Crippen LogP contribution in [0.3, 0.4) is 0 Å². The molecule has 4 atom stereocenters. The second kappa shape index (κ2) is 3.03. The number of fused-ring (bicyclic) bond motifs is 1. The van der Waals surface area contributed by atoms with E-state index in [0.717, 1.165) is 19.3 Å². The fourth-order valence-electron chi connectivity index (χ4n) is 4.45. The second-order valence-corrected chi connectivity index (χ2v) is 6.62. The molecule has 0 radical (unpaired) electrons. The number of rotatable bonds is 1. The van der Waals surface area contributed by atoms with Crippen LogP contribution >= 0.6 is 0 Å². The van der Waals surface area contributed by atoms with Gasteiger partial charge in [0.1, 0.15) is 5.60 Å². The monoisotopic (exact) mass is 234 g/mol. The largest absolute Gasteiger partial charge is 0.361 e. The van der Waals surface area contributed by atoms with E-state index in [9.17, 15) is 4.79 Å². The summed E-state index contributed by atoms with van der Waals surface area (Å²) in [5.74, 6) is 0.891. The van der Waals surface area contributed by atoms with Gasteiger partial charge in [0.25, 0.3) is 0 Å². The highest BCUT2D eigenvalue weighted by Crippen LogP contribution is 2.64. The van der Waals surface area contributed by atoms with Gasteiger partial charge in [0.05, 0.1) is 16.9 Å². The highest BCUT2D eigenvalue weighted by Gasteiger charge is 2.70. The van der Waals surface area contributed by atoms with Gasteiger partial charge in [-0.3, -0.25) is 4.79 Å². The van der Waals surface area contributed by atoms with Crippen LogP contribution in [0.1, 0.15) is 47.0 Å². The van der Waals surface area contributed by atoms with Crippen molar-refractivity contribution in [3.8, 4) is 0 Å². The van der Waals surface area contributed by atoms with Crippen molar-refractivity contribution < 1.29 is 9.53 Å². The van der Waals surface area contributed by atoms with Crippen LogP contribution in [0.5, 0.6) is 0 Å². The van der Waals surface area contributed by atoms with E-state index in [0.29, 0.717) is 11.7 Å². The maximum atomic E-state index is 13.0. The highest BCUT2D eigenvalue weighted by molar-refractivity contribution is 5.94. The highest BCUT2D eigenvalue weighted by atomic mass is 16.5. The van der Waals surface area contributed by atoms with E-state index in [-0.39, 0.29) is 22.5 Å². The van der Waals surface area contributed by atoms with Gasteiger partial charge in [0.15, 0.2) is 5.78 Å². The van der Waals surface area contributed by atoms with Gasteiger partial charge in [-0.2, -0.15) is 0 Å². The molecule has 0 N–H and O–H groups in total. The predicted octanol–water partition coefficient (Wildman–Crippen LogP) is 3.12. The normalized spacial score (nSPS) is 50.7. The summed E-state index contributed by atoms with van der Waals surface area (Å²) in [5.41, 5.74) is -0.922.